The van der Waals surface area contributed by atoms with E-state index in [0.29, 0.717) is 18.0 Å². The van der Waals surface area contributed by atoms with E-state index in [1.807, 2.05) is 32.0 Å². The van der Waals surface area contributed by atoms with E-state index in [0.717, 1.165) is 40.8 Å². The number of carbonyl (C=O) groups excluding carboxylic acids is 2. The number of aryl methyl sites for hydroxylation is 3. The van der Waals surface area contributed by atoms with Crippen LogP contribution in [-0.4, -0.2) is 32.8 Å². The van der Waals surface area contributed by atoms with E-state index >= 15 is 0 Å². The molecule has 3 rings (SSSR count). The van der Waals surface area contributed by atoms with Crippen LogP contribution in [0, 0.1) is 13.8 Å². The van der Waals surface area contributed by atoms with Crippen LogP contribution >= 0.6 is 0 Å². The van der Waals surface area contributed by atoms with Crippen LogP contribution in [-0.2, 0) is 16.0 Å². The molecule has 1 amide bonds. The summed E-state index contributed by atoms with van der Waals surface area (Å²) in [6, 6.07) is 8.82. The van der Waals surface area contributed by atoms with Gasteiger partial charge in [-0.3, -0.25) is 4.79 Å². The third kappa shape index (κ3) is 4.41. The van der Waals surface area contributed by atoms with Crippen LogP contribution in [0.2, 0.25) is 0 Å². The number of rotatable bonds is 5. The Balaban J connectivity index is 1.81. The van der Waals surface area contributed by atoms with Gasteiger partial charge in [0, 0.05) is 19.0 Å². The van der Waals surface area contributed by atoms with Gasteiger partial charge in [-0.15, -0.1) is 0 Å². The van der Waals surface area contributed by atoms with Crippen molar-refractivity contribution in [2.24, 2.45) is 5.73 Å². The number of methoxy groups -OCH3 is 2. The van der Waals surface area contributed by atoms with Crippen molar-refractivity contribution in [1.82, 2.24) is 0 Å². The fraction of sp³-hybridized carbons (Fsp3) is 0.391. The molecule has 0 aliphatic carbocycles. The Morgan fingerprint density at radius 2 is 1.87 bits per heavy atom. The first-order chi connectivity index (χ1) is 14.3. The lowest BCUT2D eigenvalue weighted by Crippen LogP contribution is -2.37. The van der Waals surface area contributed by atoms with E-state index in [4.69, 9.17) is 15.2 Å². The van der Waals surface area contributed by atoms with E-state index in [9.17, 15) is 9.59 Å². The molecule has 0 bridgehead atoms. The lowest BCUT2D eigenvalue weighted by molar-refractivity contribution is -0.119. The summed E-state index contributed by atoms with van der Waals surface area (Å²) in [5.41, 5.74) is 11.0. The van der Waals surface area contributed by atoms with Gasteiger partial charge < -0.3 is 24.8 Å². The van der Waals surface area contributed by atoms with Gasteiger partial charge in [0.2, 0.25) is 5.91 Å². The molecule has 1 unspecified atom stereocenters. The number of nitrogens with two attached hydrogens (primary N) is 1. The van der Waals surface area contributed by atoms with Gasteiger partial charge in [-0.25, -0.2) is 4.79 Å². The summed E-state index contributed by atoms with van der Waals surface area (Å²) >= 11 is 0. The number of nitrogens with zero attached hydrogens (tertiary/aromatic N) is 1. The number of carbonyl (C=O) groups is 2. The quantitative estimate of drug-likeness (QED) is 0.593. The largest absolute Gasteiger partial charge is 0.513 e. The molecule has 1 aliphatic rings. The standard InChI is InChI=1S/C23H28N2O5/c1-14-11-17(30-23(27)29-4)12-15(2)21(14)18(24)13-20(26)25-10-6-8-16-7-5-9-19(28-3)22(16)25/h5,7,9,11-12,18H,6,8,10,13,24H2,1-4H3. The second-order valence-electron chi connectivity index (χ2n) is 7.45. The van der Waals surface area contributed by atoms with Crippen LogP contribution < -0.4 is 20.1 Å². The van der Waals surface area contributed by atoms with Gasteiger partial charge in [0.25, 0.3) is 0 Å². The molecule has 2 aromatic carbocycles. The summed E-state index contributed by atoms with van der Waals surface area (Å²) in [4.78, 5) is 26.3. The molecule has 1 aliphatic heterocycles. The normalized spacial score (nSPS) is 14.0. The van der Waals surface area contributed by atoms with Gasteiger partial charge >= 0.3 is 6.16 Å². The predicted octanol–water partition coefficient (Wildman–Crippen LogP) is 3.83. The topological polar surface area (TPSA) is 91.1 Å². The predicted molar refractivity (Wildman–Crippen MR) is 114 cm³/mol. The van der Waals surface area contributed by atoms with Crippen LogP contribution in [0.3, 0.4) is 0 Å². The Kier molecular flexibility index (Phi) is 6.62. The summed E-state index contributed by atoms with van der Waals surface area (Å²) in [5.74, 6) is 1.04. The van der Waals surface area contributed by atoms with Gasteiger partial charge in [-0.05, 0) is 67.1 Å². The van der Waals surface area contributed by atoms with E-state index in [1.54, 1.807) is 24.1 Å². The Labute approximate surface area is 176 Å². The molecule has 0 saturated heterocycles. The van der Waals surface area contributed by atoms with Crippen LogP contribution in [0.5, 0.6) is 11.5 Å². The SMILES string of the molecule is COC(=O)Oc1cc(C)c(C(N)CC(=O)N2CCCc3cccc(OC)c32)c(C)c1. The summed E-state index contributed by atoms with van der Waals surface area (Å²) in [7, 11) is 2.87. The molecular weight excluding hydrogens is 384 g/mol. The van der Waals surface area contributed by atoms with E-state index < -0.39 is 12.2 Å². The lowest BCUT2D eigenvalue weighted by atomic mass is 9.93. The number of amides is 1. The molecule has 7 nitrogen and oxygen atoms in total. The highest BCUT2D eigenvalue weighted by molar-refractivity contribution is 5.96. The number of ether oxygens (including phenoxy) is 3. The molecular formula is C23H28N2O5. The highest BCUT2D eigenvalue weighted by atomic mass is 16.7. The molecule has 2 N–H and O–H groups in total. The Bertz CT molecular complexity index is 919. The highest BCUT2D eigenvalue weighted by Crippen LogP contribution is 2.37. The zero-order chi connectivity index (χ0) is 21.8. The van der Waals surface area contributed by atoms with Crippen molar-refractivity contribution >= 4 is 17.7 Å². The maximum atomic E-state index is 13.2. The van der Waals surface area contributed by atoms with Crippen molar-refractivity contribution in [3.8, 4) is 11.5 Å². The van der Waals surface area contributed by atoms with Crippen molar-refractivity contribution in [2.75, 3.05) is 25.7 Å². The maximum absolute atomic E-state index is 13.2. The van der Waals surface area contributed by atoms with Gasteiger partial charge in [-0.2, -0.15) is 0 Å². The first kappa shape index (κ1) is 21.6. The van der Waals surface area contributed by atoms with Gasteiger partial charge in [-0.1, -0.05) is 12.1 Å². The van der Waals surface area contributed by atoms with Crippen LogP contribution in [0.25, 0.3) is 0 Å². The van der Waals surface area contributed by atoms with Crippen molar-refractivity contribution in [2.45, 2.75) is 39.2 Å². The summed E-state index contributed by atoms with van der Waals surface area (Å²) in [6.45, 7) is 4.41. The third-order valence-corrected chi connectivity index (χ3v) is 5.40. The highest BCUT2D eigenvalue weighted by Gasteiger charge is 2.28. The molecule has 2 aromatic rings. The van der Waals surface area contributed by atoms with Crippen LogP contribution in [0.15, 0.2) is 30.3 Å². The fourth-order valence-electron chi connectivity index (χ4n) is 4.15. The second kappa shape index (κ2) is 9.17. The summed E-state index contributed by atoms with van der Waals surface area (Å²) in [6.07, 6.45) is 1.20. The molecule has 0 radical (unpaired) electrons. The minimum absolute atomic E-state index is 0.0402. The minimum atomic E-state index is -0.779. The van der Waals surface area contributed by atoms with Gasteiger partial charge in [0.1, 0.15) is 11.5 Å². The van der Waals surface area contributed by atoms with Crippen molar-refractivity contribution in [3.63, 3.8) is 0 Å². The zero-order valence-corrected chi connectivity index (χ0v) is 17.9. The van der Waals surface area contributed by atoms with Crippen molar-refractivity contribution in [1.29, 1.82) is 0 Å². The Hall–Kier alpha value is -3.06. The first-order valence-corrected chi connectivity index (χ1v) is 9.94. The molecule has 0 aromatic heterocycles. The lowest BCUT2D eigenvalue weighted by Gasteiger charge is -2.32. The number of anilines is 1. The number of benzene rings is 2. The average Bonchev–Trinajstić information content (AvgIpc) is 2.72. The molecule has 0 saturated carbocycles. The third-order valence-electron chi connectivity index (χ3n) is 5.40. The van der Waals surface area contributed by atoms with Crippen LogP contribution in [0.1, 0.15) is 41.1 Å². The van der Waals surface area contributed by atoms with E-state index in [2.05, 4.69) is 4.74 Å². The summed E-state index contributed by atoms with van der Waals surface area (Å²) < 4.78 is 15.1. The molecule has 0 spiro atoms. The summed E-state index contributed by atoms with van der Waals surface area (Å²) in [5, 5.41) is 0. The van der Waals surface area contributed by atoms with Gasteiger partial charge in [0.15, 0.2) is 0 Å². The molecule has 30 heavy (non-hydrogen) atoms. The van der Waals surface area contributed by atoms with Gasteiger partial charge in [0.05, 0.1) is 19.9 Å². The number of hydrogen-bond donors (Lipinski definition) is 1. The zero-order valence-electron chi connectivity index (χ0n) is 17.9. The van der Waals surface area contributed by atoms with E-state index in [-0.39, 0.29) is 12.3 Å². The molecule has 1 atom stereocenters. The average molecular weight is 412 g/mol. The number of fused-ring (bicyclic) bond motifs is 1. The monoisotopic (exact) mass is 412 g/mol. The second-order valence-corrected chi connectivity index (χ2v) is 7.45. The molecule has 160 valence electrons. The van der Waals surface area contributed by atoms with E-state index in [1.165, 1.54) is 7.11 Å². The first-order valence-electron chi connectivity index (χ1n) is 9.94. The maximum Gasteiger partial charge on any atom is 0.513 e. The smallest absolute Gasteiger partial charge is 0.495 e. The molecule has 1 heterocycles. The molecule has 0 fully saturated rings. The van der Waals surface area contributed by atoms with Crippen LogP contribution in [0.4, 0.5) is 10.5 Å². The number of hydrogen-bond acceptors (Lipinski definition) is 6. The molecule has 7 heteroatoms. The van der Waals surface area contributed by atoms with Crippen molar-refractivity contribution in [3.05, 3.63) is 52.6 Å². The Morgan fingerprint density at radius 1 is 1.17 bits per heavy atom. The number of para-hydroxylation sites is 1. The fourth-order valence-corrected chi connectivity index (χ4v) is 4.15. The Morgan fingerprint density at radius 3 is 2.50 bits per heavy atom. The van der Waals surface area contributed by atoms with Crippen molar-refractivity contribution < 1.29 is 23.8 Å². The minimum Gasteiger partial charge on any atom is -0.495 e.